The fourth-order valence-corrected chi connectivity index (χ4v) is 3.13. The van der Waals surface area contributed by atoms with Crippen molar-refractivity contribution >= 4 is 16.9 Å². The Morgan fingerprint density at radius 2 is 1.85 bits per heavy atom. The minimum absolute atomic E-state index is 0.0245. The minimum Gasteiger partial charge on any atom is -0.502 e. The fraction of sp³-hybridized carbons (Fsp3) is 0.200. The van der Waals surface area contributed by atoms with Crippen LogP contribution in [0.4, 0.5) is 0 Å². The van der Waals surface area contributed by atoms with Gasteiger partial charge in [-0.05, 0) is 49.2 Å². The summed E-state index contributed by atoms with van der Waals surface area (Å²) in [5, 5.41) is 20.1. The number of ether oxygens (including phenoxy) is 2. The lowest BCUT2D eigenvalue weighted by Gasteiger charge is -2.21. The Labute approximate surface area is 153 Å². The van der Waals surface area contributed by atoms with Gasteiger partial charge in [-0.25, -0.2) is 4.79 Å². The van der Waals surface area contributed by atoms with Crippen LogP contribution in [0.5, 0.6) is 11.5 Å². The van der Waals surface area contributed by atoms with Gasteiger partial charge in [0.15, 0.2) is 12.6 Å². The molecule has 1 aliphatic rings. The molecule has 0 unspecified atom stereocenters. The average Bonchev–Trinajstić information content (AvgIpc) is 2.65. The first-order chi connectivity index (χ1) is 12.9. The van der Waals surface area contributed by atoms with Gasteiger partial charge >= 0.3 is 5.97 Å². The van der Waals surface area contributed by atoms with E-state index < -0.39 is 17.1 Å². The molecular weight excluding hydrogens is 352 g/mol. The highest BCUT2D eigenvalue weighted by atomic mass is 16.7. The summed E-state index contributed by atoms with van der Waals surface area (Å²) < 4.78 is 16.5. The maximum Gasteiger partial charge on any atom is 0.335 e. The quantitative estimate of drug-likeness (QED) is 0.714. The summed E-state index contributed by atoms with van der Waals surface area (Å²) in [5.74, 6) is -1.55. The van der Waals surface area contributed by atoms with Crippen LogP contribution in [-0.4, -0.2) is 23.0 Å². The second kappa shape index (κ2) is 6.14. The zero-order chi connectivity index (χ0) is 19.3. The molecule has 3 aromatic rings. The van der Waals surface area contributed by atoms with Gasteiger partial charge in [-0.15, -0.1) is 0 Å². The lowest BCUT2D eigenvalue weighted by atomic mass is 10.00. The van der Waals surface area contributed by atoms with Gasteiger partial charge in [0.1, 0.15) is 11.3 Å². The third kappa shape index (κ3) is 2.72. The highest BCUT2D eigenvalue weighted by Crippen LogP contribution is 2.41. The normalized spacial score (nSPS) is 13.3. The van der Waals surface area contributed by atoms with Crippen LogP contribution in [0.25, 0.3) is 22.3 Å². The van der Waals surface area contributed by atoms with Crippen LogP contribution in [0.2, 0.25) is 0 Å². The van der Waals surface area contributed by atoms with E-state index in [2.05, 4.69) is 0 Å². The van der Waals surface area contributed by atoms with Crippen molar-refractivity contribution in [2.45, 2.75) is 20.5 Å². The van der Waals surface area contributed by atoms with Crippen LogP contribution in [0, 0.1) is 13.8 Å². The Hall–Kier alpha value is -3.32. The van der Waals surface area contributed by atoms with Gasteiger partial charge in [-0.1, -0.05) is 0 Å². The van der Waals surface area contributed by atoms with Crippen molar-refractivity contribution in [3.05, 3.63) is 56.7 Å². The third-order valence-corrected chi connectivity index (χ3v) is 4.68. The summed E-state index contributed by atoms with van der Waals surface area (Å²) in [6.07, 6.45) is 0. The summed E-state index contributed by atoms with van der Waals surface area (Å²) >= 11 is 0. The zero-order valence-corrected chi connectivity index (χ0v) is 14.7. The summed E-state index contributed by atoms with van der Waals surface area (Å²) in [6, 6.07) is 6.13. The lowest BCUT2D eigenvalue weighted by Crippen LogP contribution is -2.14. The van der Waals surface area contributed by atoms with Gasteiger partial charge in [0, 0.05) is 5.56 Å². The molecule has 0 atom stereocenters. The van der Waals surface area contributed by atoms with Crippen LogP contribution in [0.1, 0.15) is 27.0 Å². The largest absolute Gasteiger partial charge is 0.502 e. The van der Waals surface area contributed by atoms with Crippen LogP contribution >= 0.6 is 0 Å². The maximum absolute atomic E-state index is 12.7. The number of fused-ring (bicyclic) bond motifs is 2. The molecule has 138 valence electrons. The molecule has 1 aliphatic heterocycles. The summed E-state index contributed by atoms with van der Waals surface area (Å²) in [7, 11) is 0. The molecule has 27 heavy (non-hydrogen) atoms. The van der Waals surface area contributed by atoms with Crippen molar-refractivity contribution in [1.29, 1.82) is 0 Å². The molecule has 2 N–H and O–H groups in total. The number of hydrogen-bond acceptors (Lipinski definition) is 6. The lowest BCUT2D eigenvalue weighted by molar-refractivity contribution is -0.0160. The first kappa shape index (κ1) is 17.1. The Balaban J connectivity index is 2.06. The van der Waals surface area contributed by atoms with Gasteiger partial charge in [0.05, 0.1) is 23.1 Å². The first-order valence-corrected chi connectivity index (χ1v) is 8.25. The molecule has 0 aliphatic carbocycles. The number of carboxylic acid groups (broad SMARTS) is 1. The molecular formula is C20H16O7. The number of aromatic carboxylic acids is 1. The number of carboxylic acids is 1. The molecule has 0 amide bonds. The fourth-order valence-electron chi connectivity index (χ4n) is 3.13. The second-order valence-electron chi connectivity index (χ2n) is 6.47. The van der Waals surface area contributed by atoms with Crippen LogP contribution in [0.15, 0.2) is 33.5 Å². The predicted molar refractivity (Wildman–Crippen MR) is 96.3 cm³/mol. The van der Waals surface area contributed by atoms with Crippen molar-refractivity contribution in [2.75, 3.05) is 6.79 Å². The molecule has 7 heteroatoms. The highest BCUT2D eigenvalue weighted by molar-refractivity contribution is 5.92. The molecule has 2 heterocycles. The molecule has 7 nitrogen and oxygen atoms in total. The monoisotopic (exact) mass is 368 g/mol. The van der Waals surface area contributed by atoms with Crippen LogP contribution < -0.4 is 10.2 Å². The van der Waals surface area contributed by atoms with E-state index in [1.54, 1.807) is 12.1 Å². The molecule has 0 saturated carbocycles. The van der Waals surface area contributed by atoms with Gasteiger partial charge in [0.25, 0.3) is 0 Å². The van der Waals surface area contributed by atoms with Gasteiger partial charge in [0.2, 0.25) is 11.2 Å². The van der Waals surface area contributed by atoms with Gasteiger partial charge in [-0.3, -0.25) is 4.79 Å². The van der Waals surface area contributed by atoms with E-state index in [4.69, 9.17) is 13.9 Å². The van der Waals surface area contributed by atoms with Crippen molar-refractivity contribution in [3.63, 3.8) is 0 Å². The van der Waals surface area contributed by atoms with Crippen LogP contribution in [0.3, 0.4) is 0 Å². The van der Waals surface area contributed by atoms with Crippen LogP contribution in [-0.2, 0) is 11.3 Å². The van der Waals surface area contributed by atoms with Crippen molar-refractivity contribution in [2.24, 2.45) is 0 Å². The van der Waals surface area contributed by atoms with Gasteiger partial charge < -0.3 is 24.1 Å². The first-order valence-electron chi connectivity index (χ1n) is 8.25. The molecule has 2 aromatic carbocycles. The molecule has 4 rings (SSSR count). The molecule has 0 saturated heterocycles. The van der Waals surface area contributed by atoms with E-state index in [1.165, 1.54) is 12.1 Å². The second-order valence-corrected chi connectivity index (χ2v) is 6.47. The van der Waals surface area contributed by atoms with Crippen molar-refractivity contribution < 1.29 is 28.9 Å². The van der Waals surface area contributed by atoms with Gasteiger partial charge in [-0.2, -0.15) is 0 Å². The van der Waals surface area contributed by atoms with E-state index in [-0.39, 0.29) is 35.7 Å². The van der Waals surface area contributed by atoms with E-state index in [0.29, 0.717) is 16.9 Å². The van der Waals surface area contributed by atoms with Crippen molar-refractivity contribution in [1.82, 2.24) is 0 Å². The molecule has 0 spiro atoms. The number of hydrogen-bond donors (Lipinski definition) is 2. The summed E-state index contributed by atoms with van der Waals surface area (Å²) in [5.41, 5.74) is 2.20. The number of rotatable bonds is 2. The Kier molecular flexibility index (Phi) is 3.89. The Morgan fingerprint density at radius 1 is 1.11 bits per heavy atom. The summed E-state index contributed by atoms with van der Waals surface area (Å²) in [4.78, 5) is 24.2. The SMILES string of the molecule is Cc1cc2oc(-c3cc(C(=O)O)cc4c3OCOC4)c(O)c(=O)c2cc1C. The zero-order valence-electron chi connectivity index (χ0n) is 14.7. The number of carbonyl (C=O) groups is 1. The maximum atomic E-state index is 12.7. The smallest absolute Gasteiger partial charge is 0.335 e. The molecule has 1 aromatic heterocycles. The minimum atomic E-state index is -1.15. The summed E-state index contributed by atoms with van der Waals surface area (Å²) in [6.45, 7) is 3.87. The molecule has 0 radical (unpaired) electrons. The topological polar surface area (TPSA) is 106 Å². The molecule has 0 fully saturated rings. The van der Waals surface area contributed by atoms with E-state index in [0.717, 1.165) is 11.1 Å². The van der Waals surface area contributed by atoms with Crippen molar-refractivity contribution in [3.8, 4) is 22.8 Å². The number of aromatic hydroxyl groups is 1. The van der Waals surface area contributed by atoms with E-state index in [9.17, 15) is 19.8 Å². The van der Waals surface area contributed by atoms with E-state index in [1.807, 2.05) is 13.8 Å². The molecule has 0 bridgehead atoms. The Bertz CT molecular complexity index is 1160. The highest BCUT2D eigenvalue weighted by Gasteiger charge is 2.25. The van der Waals surface area contributed by atoms with E-state index >= 15 is 0 Å². The third-order valence-electron chi connectivity index (χ3n) is 4.68. The number of benzene rings is 2. The standard InChI is InChI=1S/C20H16O7/c1-9-3-13-15(4-10(9)2)27-19(17(22)16(13)21)14-6-11(20(23)24)5-12-7-25-8-26-18(12)14/h3-6,22H,7-8H2,1-2H3,(H,23,24). The average molecular weight is 368 g/mol. The predicted octanol–water partition coefficient (Wildman–Crippen LogP) is 3.35. The number of aryl methyl sites for hydroxylation is 2. The Morgan fingerprint density at radius 3 is 2.59 bits per heavy atom.